The van der Waals surface area contributed by atoms with Crippen LogP contribution in [0.1, 0.15) is 69.9 Å². The Kier molecular flexibility index (Phi) is 7.56. The van der Waals surface area contributed by atoms with Gasteiger partial charge in [-0.25, -0.2) is 14.8 Å². The average Bonchev–Trinajstić information content (AvgIpc) is 3.23. The molecule has 2 saturated carbocycles. The average molecular weight is 429 g/mol. The van der Waals surface area contributed by atoms with Crippen molar-refractivity contribution in [3.8, 4) is 5.88 Å². The highest BCUT2D eigenvalue weighted by molar-refractivity contribution is 7.13. The lowest BCUT2D eigenvalue weighted by Crippen LogP contribution is -2.50. The first-order valence-electron chi connectivity index (χ1n) is 11.4. The summed E-state index contributed by atoms with van der Waals surface area (Å²) in [6.45, 7) is 0.518. The highest BCUT2D eigenvalue weighted by Crippen LogP contribution is 2.31. The topological polar surface area (TPSA) is 67.3 Å². The van der Waals surface area contributed by atoms with Crippen LogP contribution < -0.4 is 10.1 Å². The Hall–Kier alpha value is -2.15. The maximum atomic E-state index is 13.3. The van der Waals surface area contributed by atoms with Crippen molar-refractivity contribution in [1.82, 2.24) is 14.9 Å². The maximum Gasteiger partial charge on any atom is 0.324 e. The van der Waals surface area contributed by atoms with E-state index in [1.54, 1.807) is 6.20 Å². The minimum atomic E-state index is 0.0411. The Morgan fingerprint density at radius 2 is 1.77 bits per heavy atom. The largest absolute Gasteiger partial charge is 0.477 e. The summed E-state index contributed by atoms with van der Waals surface area (Å²) < 4.78 is 5.66. The lowest BCUT2D eigenvalue weighted by atomic mass is 9.89. The van der Waals surface area contributed by atoms with E-state index in [4.69, 9.17) is 4.74 Å². The second-order valence-corrected chi connectivity index (χ2v) is 9.19. The monoisotopic (exact) mass is 428 g/mol. The molecule has 30 heavy (non-hydrogen) atoms. The molecule has 0 bridgehead atoms. The number of pyridine rings is 1. The third-order valence-electron chi connectivity index (χ3n) is 6.18. The highest BCUT2D eigenvalue weighted by atomic mass is 32.1. The molecular formula is C23H32N4O2S. The molecule has 4 rings (SSSR count). The van der Waals surface area contributed by atoms with Crippen LogP contribution in [0.2, 0.25) is 0 Å². The molecule has 2 aliphatic rings. The zero-order valence-electron chi connectivity index (χ0n) is 17.6. The molecule has 0 radical (unpaired) electrons. The molecule has 0 aliphatic heterocycles. The molecule has 0 atom stereocenters. The molecule has 0 spiro atoms. The number of hydrogen-bond donors (Lipinski definition) is 1. The highest BCUT2D eigenvalue weighted by Gasteiger charge is 2.32. The number of thiazole rings is 1. The molecule has 7 heteroatoms. The molecule has 1 N–H and O–H groups in total. The zero-order chi connectivity index (χ0) is 20.6. The maximum absolute atomic E-state index is 13.3. The van der Waals surface area contributed by atoms with E-state index in [0.717, 1.165) is 31.4 Å². The van der Waals surface area contributed by atoms with Crippen LogP contribution in [0.4, 0.5) is 9.93 Å². The van der Waals surface area contributed by atoms with E-state index < -0.39 is 0 Å². The van der Waals surface area contributed by atoms with Crippen molar-refractivity contribution in [2.45, 2.75) is 82.7 Å². The van der Waals surface area contributed by atoms with Crippen molar-refractivity contribution in [2.24, 2.45) is 0 Å². The van der Waals surface area contributed by atoms with E-state index in [9.17, 15) is 4.79 Å². The fraction of sp³-hybridized carbons (Fsp3) is 0.609. The van der Waals surface area contributed by atoms with E-state index in [1.807, 2.05) is 23.6 Å². The number of hydrogen-bond acceptors (Lipinski definition) is 5. The van der Waals surface area contributed by atoms with Crippen molar-refractivity contribution in [3.63, 3.8) is 0 Å². The summed E-state index contributed by atoms with van der Waals surface area (Å²) in [6.07, 6.45) is 14.5. The molecule has 162 valence electrons. The van der Waals surface area contributed by atoms with Crippen LogP contribution in [-0.4, -0.2) is 39.6 Å². The SMILES string of the molecule is O=C(Nc1nc(CCOc2ccccn2)cs1)N(C1CCCCC1)C1CCCCC1. The molecule has 2 aliphatic carbocycles. The van der Waals surface area contributed by atoms with Crippen LogP contribution in [0.5, 0.6) is 5.88 Å². The molecule has 0 unspecified atom stereocenters. The van der Waals surface area contributed by atoms with Gasteiger partial charge in [-0.2, -0.15) is 0 Å². The number of nitrogens with zero attached hydrogens (tertiary/aromatic N) is 3. The van der Waals surface area contributed by atoms with Gasteiger partial charge in [0, 0.05) is 36.1 Å². The number of carbonyl (C=O) groups is 1. The summed E-state index contributed by atoms with van der Waals surface area (Å²) in [6, 6.07) is 6.42. The standard InChI is InChI=1S/C23H32N4O2S/c28-23(27(19-9-3-1-4-10-19)20-11-5-2-6-12-20)26-22-25-18(17-30-22)14-16-29-21-13-7-8-15-24-21/h7-8,13,15,17,19-20H,1-6,9-12,14,16H2,(H,25,26,28). The summed E-state index contributed by atoms with van der Waals surface area (Å²) in [5.41, 5.74) is 0.938. The van der Waals surface area contributed by atoms with Crippen molar-refractivity contribution >= 4 is 22.5 Å². The first-order chi connectivity index (χ1) is 14.8. The fourth-order valence-corrected chi connectivity index (χ4v) is 5.41. The van der Waals surface area contributed by atoms with Crippen molar-refractivity contribution in [2.75, 3.05) is 11.9 Å². The second kappa shape index (κ2) is 10.8. The Morgan fingerprint density at radius 1 is 1.07 bits per heavy atom. The molecular weight excluding hydrogens is 396 g/mol. The van der Waals surface area contributed by atoms with E-state index in [0.29, 0.717) is 36.1 Å². The molecule has 2 aromatic heterocycles. The number of amides is 2. The van der Waals surface area contributed by atoms with Gasteiger partial charge in [0.25, 0.3) is 0 Å². The number of rotatable bonds is 7. The van der Waals surface area contributed by atoms with Gasteiger partial charge >= 0.3 is 6.03 Å². The lowest BCUT2D eigenvalue weighted by molar-refractivity contribution is 0.114. The van der Waals surface area contributed by atoms with Gasteiger partial charge < -0.3 is 9.64 Å². The summed E-state index contributed by atoms with van der Waals surface area (Å²) in [7, 11) is 0. The Bertz CT molecular complexity index is 768. The van der Waals surface area contributed by atoms with Gasteiger partial charge in [0.2, 0.25) is 5.88 Å². The lowest BCUT2D eigenvalue weighted by Gasteiger charge is -2.41. The van der Waals surface area contributed by atoms with Crippen LogP contribution in [0.3, 0.4) is 0 Å². The summed E-state index contributed by atoms with van der Waals surface area (Å²) in [5, 5.41) is 5.79. The minimum absolute atomic E-state index is 0.0411. The third kappa shape index (κ3) is 5.72. The van der Waals surface area contributed by atoms with Gasteiger partial charge in [0.15, 0.2) is 5.13 Å². The van der Waals surface area contributed by atoms with Crippen LogP contribution in [0.25, 0.3) is 0 Å². The molecule has 2 amide bonds. The smallest absolute Gasteiger partial charge is 0.324 e. The first-order valence-corrected chi connectivity index (χ1v) is 12.2. The summed E-state index contributed by atoms with van der Waals surface area (Å²) >= 11 is 1.49. The van der Waals surface area contributed by atoms with Gasteiger partial charge in [-0.1, -0.05) is 44.6 Å². The van der Waals surface area contributed by atoms with E-state index in [1.165, 1.54) is 49.9 Å². The van der Waals surface area contributed by atoms with E-state index in [-0.39, 0.29) is 6.03 Å². The predicted molar refractivity (Wildman–Crippen MR) is 120 cm³/mol. The van der Waals surface area contributed by atoms with Crippen LogP contribution >= 0.6 is 11.3 Å². The van der Waals surface area contributed by atoms with Crippen LogP contribution in [0.15, 0.2) is 29.8 Å². The van der Waals surface area contributed by atoms with E-state index >= 15 is 0 Å². The number of aromatic nitrogens is 2. The second-order valence-electron chi connectivity index (χ2n) is 8.33. The molecule has 0 aromatic carbocycles. The van der Waals surface area contributed by atoms with Crippen molar-refractivity contribution in [3.05, 3.63) is 35.5 Å². The van der Waals surface area contributed by atoms with Crippen molar-refractivity contribution < 1.29 is 9.53 Å². The molecule has 2 fully saturated rings. The van der Waals surface area contributed by atoms with Gasteiger partial charge in [0.05, 0.1) is 12.3 Å². The number of nitrogens with one attached hydrogen (secondary N) is 1. The molecule has 6 nitrogen and oxygen atoms in total. The van der Waals surface area contributed by atoms with E-state index in [2.05, 4.69) is 20.2 Å². The van der Waals surface area contributed by atoms with Gasteiger partial charge in [-0.05, 0) is 31.7 Å². The molecule has 2 aromatic rings. The van der Waals surface area contributed by atoms with Gasteiger partial charge in [0.1, 0.15) is 0 Å². The third-order valence-corrected chi connectivity index (χ3v) is 6.99. The number of urea groups is 1. The normalized spacial score (nSPS) is 18.1. The fourth-order valence-electron chi connectivity index (χ4n) is 4.68. The Labute approximate surface area is 183 Å². The zero-order valence-corrected chi connectivity index (χ0v) is 18.4. The minimum Gasteiger partial charge on any atom is -0.477 e. The van der Waals surface area contributed by atoms with Crippen molar-refractivity contribution in [1.29, 1.82) is 0 Å². The van der Waals surface area contributed by atoms with Crippen LogP contribution in [-0.2, 0) is 6.42 Å². The number of carbonyl (C=O) groups excluding carboxylic acids is 1. The summed E-state index contributed by atoms with van der Waals surface area (Å²) in [5.74, 6) is 0.622. The van der Waals surface area contributed by atoms with Gasteiger partial charge in [-0.15, -0.1) is 11.3 Å². The molecule has 0 saturated heterocycles. The Balaban J connectivity index is 1.33. The quantitative estimate of drug-likeness (QED) is 0.618. The predicted octanol–water partition coefficient (Wildman–Crippen LogP) is 5.66. The molecule has 2 heterocycles. The first kappa shape index (κ1) is 21.1. The number of ether oxygens (including phenoxy) is 1. The van der Waals surface area contributed by atoms with Gasteiger partial charge in [-0.3, -0.25) is 5.32 Å². The number of anilines is 1. The summed E-state index contributed by atoms with van der Waals surface area (Å²) in [4.78, 5) is 24.2. The Morgan fingerprint density at radius 3 is 2.40 bits per heavy atom. The van der Waals surface area contributed by atoms with Crippen LogP contribution in [0, 0.1) is 0 Å².